The third kappa shape index (κ3) is 3.63. The van der Waals surface area contributed by atoms with Crippen molar-refractivity contribution in [3.05, 3.63) is 40.7 Å². The maximum Gasteiger partial charge on any atom is 0.135 e. The van der Waals surface area contributed by atoms with Gasteiger partial charge < -0.3 is 28.4 Å². The van der Waals surface area contributed by atoms with E-state index in [9.17, 15) is 0 Å². The summed E-state index contributed by atoms with van der Waals surface area (Å²) in [6.45, 7) is 4.66. The molecule has 2 fully saturated rings. The fourth-order valence-electron chi connectivity index (χ4n) is 3.94. The van der Waals surface area contributed by atoms with Gasteiger partial charge in [-0.2, -0.15) is 0 Å². The monoisotopic (exact) mass is 398 g/mol. The molecule has 2 aromatic rings. The van der Waals surface area contributed by atoms with Gasteiger partial charge >= 0.3 is 0 Å². The molecule has 2 heterocycles. The molecule has 0 N–H and O–H groups in total. The predicted molar refractivity (Wildman–Crippen MR) is 108 cm³/mol. The van der Waals surface area contributed by atoms with Gasteiger partial charge in [-0.15, -0.1) is 0 Å². The van der Waals surface area contributed by atoms with E-state index >= 15 is 0 Å². The highest BCUT2D eigenvalue weighted by Crippen LogP contribution is 2.48. The number of methoxy groups -OCH3 is 2. The highest BCUT2D eigenvalue weighted by Gasteiger charge is 2.31. The zero-order chi connectivity index (χ0) is 20.0. The average Bonchev–Trinajstić information content (AvgIpc) is 3.64. The van der Waals surface area contributed by atoms with Crippen LogP contribution in [-0.2, 0) is 27.1 Å². The Bertz CT molecular complexity index is 971. The molecular formula is C23H26O6. The molecule has 0 radical (unpaired) electrons. The van der Waals surface area contributed by atoms with Gasteiger partial charge in [0.15, 0.2) is 0 Å². The van der Waals surface area contributed by atoms with E-state index in [0.29, 0.717) is 19.6 Å². The molecule has 2 saturated heterocycles. The summed E-state index contributed by atoms with van der Waals surface area (Å²) in [4.78, 5) is 0. The molecule has 2 unspecified atom stereocenters. The van der Waals surface area contributed by atoms with Crippen molar-refractivity contribution in [2.24, 2.45) is 0 Å². The molecule has 29 heavy (non-hydrogen) atoms. The number of allylic oxidation sites excluding steroid dienone is 2. The smallest absolute Gasteiger partial charge is 0.135 e. The maximum atomic E-state index is 6.34. The average molecular weight is 398 g/mol. The van der Waals surface area contributed by atoms with Crippen LogP contribution in [0.1, 0.15) is 16.7 Å². The van der Waals surface area contributed by atoms with E-state index in [1.54, 1.807) is 14.2 Å². The molecule has 6 nitrogen and oxygen atoms in total. The van der Waals surface area contributed by atoms with E-state index in [4.69, 9.17) is 28.4 Å². The van der Waals surface area contributed by atoms with E-state index in [-0.39, 0.29) is 12.2 Å². The molecule has 6 heteroatoms. The third-order valence-electron chi connectivity index (χ3n) is 5.63. The Balaban J connectivity index is 1.71. The van der Waals surface area contributed by atoms with Crippen molar-refractivity contribution >= 4 is 10.8 Å². The number of hydrogen-bond acceptors (Lipinski definition) is 6. The fraction of sp³-hybridized carbons (Fsp3) is 0.478. The van der Waals surface area contributed by atoms with Crippen molar-refractivity contribution in [3.63, 3.8) is 0 Å². The number of fused-ring (bicyclic) bond motifs is 2. The number of epoxide rings is 2. The van der Waals surface area contributed by atoms with E-state index in [2.05, 4.69) is 19.1 Å². The van der Waals surface area contributed by atoms with Crippen LogP contribution in [0.15, 0.2) is 24.0 Å². The largest absolute Gasteiger partial charge is 0.501 e. The molecule has 2 aliphatic heterocycles. The van der Waals surface area contributed by atoms with Crippen LogP contribution in [0.5, 0.6) is 17.2 Å². The standard InChI is InChI=1S/C23H26O6/c1-13-6-19-21(20(7-13)25-3)23(29-12-16-10-27-16)18-8-14(24-2)4-5-17(18)22(19)28-11-15-9-26-15/h4,6-7,15-16H,5,8-12H2,1-3H3. The summed E-state index contributed by atoms with van der Waals surface area (Å²) in [6, 6.07) is 4.19. The second-order valence-electron chi connectivity index (χ2n) is 7.79. The van der Waals surface area contributed by atoms with Crippen LogP contribution in [0.4, 0.5) is 0 Å². The van der Waals surface area contributed by atoms with Crippen molar-refractivity contribution in [2.75, 3.05) is 40.6 Å². The first-order valence-corrected chi connectivity index (χ1v) is 10.1. The highest BCUT2D eigenvalue weighted by molar-refractivity contribution is 6.01. The molecule has 5 rings (SSSR count). The van der Waals surface area contributed by atoms with Gasteiger partial charge in [0.1, 0.15) is 42.7 Å². The lowest BCUT2D eigenvalue weighted by molar-refractivity contribution is 0.252. The van der Waals surface area contributed by atoms with Crippen molar-refractivity contribution in [3.8, 4) is 17.2 Å². The topological polar surface area (TPSA) is 62.0 Å². The van der Waals surface area contributed by atoms with Gasteiger partial charge in [0, 0.05) is 22.9 Å². The van der Waals surface area contributed by atoms with Gasteiger partial charge in [-0.3, -0.25) is 0 Å². The zero-order valence-corrected chi connectivity index (χ0v) is 17.1. The molecule has 2 atom stereocenters. The SMILES string of the molecule is COC1=CCc2c(c(OCC3CO3)c3c(OC)cc(C)cc3c2OCC2CO2)C1. The molecule has 0 spiro atoms. The molecule has 0 saturated carbocycles. The van der Waals surface area contributed by atoms with Gasteiger partial charge in [-0.25, -0.2) is 0 Å². The second kappa shape index (κ2) is 7.43. The summed E-state index contributed by atoms with van der Waals surface area (Å²) in [6.07, 6.45) is 3.87. The maximum absolute atomic E-state index is 6.34. The predicted octanol–water partition coefficient (Wildman–Crippen LogP) is 3.34. The Labute approximate surface area is 170 Å². The zero-order valence-electron chi connectivity index (χ0n) is 17.1. The van der Waals surface area contributed by atoms with Crippen LogP contribution in [-0.4, -0.2) is 52.9 Å². The number of ether oxygens (including phenoxy) is 6. The van der Waals surface area contributed by atoms with Gasteiger partial charge in [0.05, 0.1) is 38.6 Å². The Kier molecular flexibility index (Phi) is 4.76. The molecule has 0 bridgehead atoms. The molecule has 0 amide bonds. The lowest BCUT2D eigenvalue weighted by atomic mass is 9.89. The molecule has 3 aliphatic rings. The number of rotatable bonds is 8. The minimum absolute atomic E-state index is 0.168. The molecule has 1 aliphatic carbocycles. The third-order valence-corrected chi connectivity index (χ3v) is 5.63. The summed E-state index contributed by atoms with van der Waals surface area (Å²) in [5.74, 6) is 3.47. The van der Waals surface area contributed by atoms with E-state index < -0.39 is 0 Å². The highest BCUT2D eigenvalue weighted by atomic mass is 16.6. The summed E-state index contributed by atoms with van der Waals surface area (Å²) in [5, 5.41) is 1.96. The first kappa shape index (κ1) is 18.6. The van der Waals surface area contributed by atoms with Crippen molar-refractivity contribution < 1.29 is 28.4 Å². The van der Waals surface area contributed by atoms with Crippen LogP contribution in [0.3, 0.4) is 0 Å². The summed E-state index contributed by atoms with van der Waals surface area (Å²) < 4.78 is 34.7. The van der Waals surface area contributed by atoms with Gasteiger partial charge in [0.25, 0.3) is 0 Å². The Morgan fingerprint density at radius 3 is 2.24 bits per heavy atom. The van der Waals surface area contributed by atoms with Crippen LogP contribution in [0.25, 0.3) is 10.8 Å². The van der Waals surface area contributed by atoms with Crippen LogP contribution in [0.2, 0.25) is 0 Å². The van der Waals surface area contributed by atoms with E-state index in [1.165, 1.54) is 0 Å². The molecule has 154 valence electrons. The first-order valence-electron chi connectivity index (χ1n) is 10.1. The van der Waals surface area contributed by atoms with Crippen LogP contribution in [0, 0.1) is 6.92 Å². The normalized spacial score (nSPS) is 22.0. The van der Waals surface area contributed by atoms with Crippen LogP contribution < -0.4 is 14.2 Å². The second-order valence-corrected chi connectivity index (χ2v) is 7.79. The number of aryl methyl sites for hydroxylation is 1. The fourth-order valence-corrected chi connectivity index (χ4v) is 3.94. The summed E-state index contributed by atoms with van der Waals surface area (Å²) >= 11 is 0. The van der Waals surface area contributed by atoms with E-state index in [1.807, 2.05) is 6.07 Å². The minimum Gasteiger partial charge on any atom is -0.501 e. The van der Waals surface area contributed by atoms with Crippen molar-refractivity contribution in [2.45, 2.75) is 32.0 Å². The van der Waals surface area contributed by atoms with E-state index in [0.717, 1.165) is 70.1 Å². The summed E-state index contributed by atoms with van der Waals surface area (Å²) in [5.41, 5.74) is 3.37. The molecule has 2 aromatic carbocycles. The van der Waals surface area contributed by atoms with Crippen molar-refractivity contribution in [1.29, 1.82) is 0 Å². The summed E-state index contributed by atoms with van der Waals surface area (Å²) in [7, 11) is 3.41. The van der Waals surface area contributed by atoms with Crippen molar-refractivity contribution in [1.82, 2.24) is 0 Å². The number of benzene rings is 2. The van der Waals surface area contributed by atoms with Gasteiger partial charge in [-0.05, 0) is 37.1 Å². The van der Waals surface area contributed by atoms with Gasteiger partial charge in [-0.1, -0.05) is 0 Å². The molecular weight excluding hydrogens is 372 g/mol. The van der Waals surface area contributed by atoms with Crippen LogP contribution >= 0.6 is 0 Å². The Hall–Kier alpha value is -2.44. The quantitative estimate of drug-likeness (QED) is 0.636. The first-order chi connectivity index (χ1) is 14.2. The number of hydrogen-bond donors (Lipinski definition) is 0. The Morgan fingerprint density at radius 1 is 0.931 bits per heavy atom. The lowest BCUT2D eigenvalue weighted by Gasteiger charge is -2.26. The lowest BCUT2D eigenvalue weighted by Crippen LogP contribution is -2.15. The van der Waals surface area contributed by atoms with Gasteiger partial charge in [0.2, 0.25) is 0 Å². The Morgan fingerprint density at radius 2 is 1.62 bits per heavy atom. The minimum atomic E-state index is 0.168. The molecule has 0 aromatic heterocycles.